The number of carbonyl (C=O) groups is 1. The van der Waals surface area contributed by atoms with Gasteiger partial charge in [0.1, 0.15) is 0 Å². The number of nitrogen functional groups attached to an aromatic ring is 1. The summed E-state index contributed by atoms with van der Waals surface area (Å²) >= 11 is 0. The number of aromatic amines is 1. The first-order chi connectivity index (χ1) is 9.24. The molecule has 1 aromatic carbocycles. The Morgan fingerprint density at radius 3 is 2.79 bits per heavy atom. The lowest BCUT2D eigenvalue weighted by Gasteiger charge is -2.06. The van der Waals surface area contributed by atoms with Crippen molar-refractivity contribution in [1.82, 2.24) is 15.0 Å². The number of H-pyrrole nitrogens is 1. The normalized spacial score (nSPS) is 10.5. The zero-order chi connectivity index (χ0) is 13.2. The van der Waals surface area contributed by atoms with Gasteiger partial charge in [-0.05, 0) is 18.2 Å². The lowest BCUT2D eigenvalue weighted by atomic mass is 10.2. The molecule has 19 heavy (non-hydrogen) atoms. The van der Waals surface area contributed by atoms with Gasteiger partial charge in [0.15, 0.2) is 0 Å². The van der Waals surface area contributed by atoms with Crippen LogP contribution in [0.2, 0.25) is 0 Å². The fourth-order valence-electron chi connectivity index (χ4n) is 1.84. The van der Waals surface area contributed by atoms with E-state index in [0.29, 0.717) is 5.56 Å². The lowest BCUT2D eigenvalue weighted by Crippen LogP contribution is -2.13. The molecule has 6 nitrogen and oxygen atoms in total. The molecule has 0 bridgehead atoms. The third kappa shape index (κ3) is 2.11. The van der Waals surface area contributed by atoms with Crippen LogP contribution in [0.25, 0.3) is 10.9 Å². The summed E-state index contributed by atoms with van der Waals surface area (Å²) in [5.41, 5.74) is 7.45. The molecule has 0 saturated carbocycles. The summed E-state index contributed by atoms with van der Waals surface area (Å²) < 4.78 is 0. The molecule has 2 heterocycles. The molecule has 0 atom stereocenters. The lowest BCUT2D eigenvalue weighted by molar-refractivity contribution is 0.102. The van der Waals surface area contributed by atoms with Crippen molar-refractivity contribution in [3.05, 3.63) is 48.4 Å². The van der Waals surface area contributed by atoms with Crippen LogP contribution in [-0.4, -0.2) is 20.9 Å². The number of carbonyl (C=O) groups excluding carboxylic acids is 1. The molecule has 0 spiro atoms. The summed E-state index contributed by atoms with van der Waals surface area (Å²) in [5, 5.41) is 3.78. The monoisotopic (exact) mass is 253 g/mol. The Morgan fingerprint density at radius 1 is 1.21 bits per heavy atom. The Kier molecular flexibility index (Phi) is 2.60. The molecule has 4 N–H and O–H groups in total. The molecule has 0 aliphatic rings. The number of nitrogens with two attached hydrogens (primary N) is 1. The Balaban J connectivity index is 1.90. The number of aromatic nitrogens is 3. The van der Waals surface area contributed by atoms with E-state index >= 15 is 0 Å². The number of hydrogen-bond donors (Lipinski definition) is 3. The molecule has 0 unspecified atom stereocenters. The van der Waals surface area contributed by atoms with Crippen molar-refractivity contribution in [3.8, 4) is 0 Å². The number of fused-ring (bicyclic) bond motifs is 1. The highest BCUT2D eigenvalue weighted by Crippen LogP contribution is 2.22. The van der Waals surface area contributed by atoms with Crippen molar-refractivity contribution in [2.45, 2.75) is 0 Å². The van der Waals surface area contributed by atoms with E-state index in [1.807, 2.05) is 30.5 Å². The quantitative estimate of drug-likeness (QED) is 0.648. The van der Waals surface area contributed by atoms with Crippen LogP contribution in [0.3, 0.4) is 0 Å². The molecular formula is C13H11N5O. The highest BCUT2D eigenvalue weighted by molar-refractivity contribution is 6.08. The van der Waals surface area contributed by atoms with Gasteiger partial charge in [-0.15, -0.1) is 0 Å². The van der Waals surface area contributed by atoms with Gasteiger partial charge in [0, 0.05) is 29.5 Å². The van der Waals surface area contributed by atoms with Crippen molar-refractivity contribution in [3.63, 3.8) is 0 Å². The summed E-state index contributed by atoms with van der Waals surface area (Å²) in [5.74, 6) is -0.127. The van der Waals surface area contributed by atoms with E-state index in [4.69, 9.17) is 5.73 Å². The minimum atomic E-state index is -0.270. The van der Waals surface area contributed by atoms with E-state index in [2.05, 4.69) is 20.3 Å². The molecule has 0 radical (unpaired) electrons. The first kappa shape index (κ1) is 11.2. The second-order valence-corrected chi connectivity index (χ2v) is 4.03. The Labute approximate surface area is 108 Å². The first-order valence-electron chi connectivity index (χ1n) is 5.69. The molecule has 94 valence electrons. The maximum Gasteiger partial charge on any atom is 0.258 e. The summed E-state index contributed by atoms with van der Waals surface area (Å²) in [7, 11) is 0. The number of amides is 1. The van der Waals surface area contributed by atoms with Gasteiger partial charge < -0.3 is 16.0 Å². The predicted octanol–water partition coefficient (Wildman–Crippen LogP) is 1.79. The van der Waals surface area contributed by atoms with E-state index in [1.54, 1.807) is 0 Å². The van der Waals surface area contributed by atoms with Gasteiger partial charge in [0.05, 0.1) is 11.3 Å². The van der Waals surface area contributed by atoms with Crippen LogP contribution in [0.1, 0.15) is 10.4 Å². The summed E-state index contributed by atoms with van der Waals surface area (Å²) in [6, 6.07) is 7.56. The minimum absolute atomic E-state index is 0.143. The third-order valence-electron chi connectivity index (χ3n) is 2.78. The van der Waals surface area contributed by atoms with E-state index in [9.17, 15) is 4.79 Å². The van der Waals surface area contributed by atoms with E-state index in [1.165, 1.54) is 12.4 Å². The maximum absolute atomic E-state index is 12.0. The molecule has 1 amide bonds. The summed E-state index contributed by atoms with van der Waals surface area (Å²) in [4.78, 5) is 22.7. The molecular weight excluding hydrogens is 242 g/mol. The van der Waals surface area contributed by atoms with Gasteiger partial charge in [-0.3, -0.25) is 4.79 Å². The number of anilines is 2. The van der Waals surface area contributed by atoms with Gasteiger partial charge in [-0.25, -0.2) is 9.97 Å². The molecule has 3 aromatic rings. The highest BCUT2D eigenvalue weighted by Gasteiger charge is 2.09. The average molecular weight is 253 g/mol. The van der Waals surface area contributed by atoms with Crippen LogP contribution in [0, 0.1) is 0 Å². The Morgan fingerprint density at radius 2 is 2.00 bits per heavy atom. The predicted molar refractivity (Wildman–Crippen MR) is 72.7 cm³/mol. The van der Waals surface area contributed by atoms with E-state index in [-0.39, 0.29) is 11.9 Å². The maximum atomic E-state index is 12.0. The second kappa shape index (κ2) is 4.41. The van der Waals surface area contributed by atoms with Crippen molar-refractivity contribution >= 4 is 28.4 Å². The largest absolute Gasteiger partial charge is 0.368 e. The molecule has 0 aliphatic carbocycles. The topological polar surface area (TPSA) is 96.7 Å². The van der Waals surface area contributed by atoms with E-state index < -0.39 is 0 Å². The number of hydrogen-bond acceptors (Lipinski definition) is 4. The number of benzene rings is 1. The zero-order valence-corrected chi connectivity index (χ0v) is 9.92. The van der Waals surface area contributed by atoms with Crippen molar-refractivity contribution in [1.29, 1.82) is 0 Å². The van der Waals surface area contributed by atoms with Crippen LogP contribution in [0.15, 0.2) is 42.9 Å². The second-order valence-electron chi connectivity index (χ2n) is 4.03. The van der Waals surface area contributed by atoms with Gasteiger partial charge in [0.25, 0.3) is 5.91 Å². The van der Waals surface area contributed by atoms with Crippen LogP contribution >= 0.6 is 0 Å². The first-order valence-corrected chi connectivity index (χ1v) is 5.69. The molecule has 2 aromatic heterocycles. The number of rotatable bonds is 2. The third-order valence-corrected chi connectivity index (χ3v) is 2.78. The van der Waals surface area contributed by atoms with Crippen LogP contribution in [0.4, 0.5) is 11.6 Å². The molecule has 0 fully saturated rings. The van der Waals surface area contributed by atoms with Crippen molar-refractivity contribution < 1.29 is 4.79 Å². The Hall–Kier alpha value is -2.89. The van der Waals surface area contributed by atoms with Gasteiger partial charge in [-0.2, -0.15) is 0 Å². The zero-order valence-electron chi connectivity index (χ0n) is 9.92. The smallest absolute Gasteiger partial charge is 0.258 e. The van der Waals surface area contributed by atoms with Gasteiger partial charge in [-0.1, -0.05) is 6.07 Å². The summed E-state index contributed by atoms with van der Waals surface area (Å²) in [6.45, 7) is 0. The Bertz CT molecular complexity index is 732. The summed E-state index contributed by atoms with van der Waals surface area (Å²) in [6.07, 6.45) is 4.62. The van der Waals surface area contributed by atoms with Crippen molar-refractivity contribution in [2.75, 3.05) is 11.1 Å². The number of nitrogens with one attached hydrogen (secondary N) is 2. The van der Waals surface area contributed by atoms with Crippen molar-refractivity contribution in [2.24, 2.45) is 0 Å². The standard InChI is InChI=1S/C13H11N5O/c14-13-16-6-8(7-17-13)12(19)18-11-3-1-2-10-9(11)4-5-15-10/h1-7,15H,(H,18,19)(H2,14,16,17). The van der Waals surface area contributed by atoms with E-state index in [0.717, 1.165) is 16.6 Å². The van der Waals surface area contributed by atoms with Gasteiger partial charge >= 0.3 is 0 Å². The fourth-order valence-corrected chi connectivity index (χ4v) is 1.84. The van der Waals surface area contributed by atoms with Crippen LogP contribution in [-0.2, 0) is 0 Å². The van der Waals surface area contributed by atoms with Crippen LogP contribution < -0.4 is 11.1 Å². The molecule has 0 saturated heterocycles. The van der Waals surface area contributed by atoms with Crippen LogP contribution in [0.5, 0.6) is 0 Å². The molecule has 6 heteroatoms. The van der Waals surface area contributed by atoms with Gasteiger partial charge in [0.2, 0.25) is 5.95 Å². The fraction of sp³-hybridized carbons (Fsp3) is 0. The average Bonchev–Trinajstić information content (AvgIpc) is 2.89. The molecule has 0 aliphatic heterocycles. The minimum Gasteiger partial charge on any atom is -0.368 e. The molecule has 3 rings (SSSR count). The number of nitrogens with zero attached hydrogens (tertiary/aromatic N) is 2. The highest BCUT2D eigenvalue weighted by atomic mass is 16.1. The SMILES string of the molecule is Nc1ncc(C(=O)Nc2cccc3[nH]ccc23)cn1.